The van der Waals surface area contributed by atoms with Crippen LogP contribution in [0.1, 0.15) is 34.8 Å². The predicted molar refractivity (Wildman–Crippen MR) is 115 cm³/mol. The number of rotatable bonds is 6. The van der Waals surface area contributed by atoms with Crippen molar-refractivity contribution in [2.45, 2.75) is 18.9 Å². The first kappa shape index (κ1) is 19.1. The van der Waals surface area contributed by atoms with Crippen LogP contribution in [0.4, 0.5) is 5.82 Å². The highest BCUT2D eigenvalue weighted by atomic mass is 16.1. The normalized spacial score (nSPS) is 15.6. The molecule has 1 amide bonds. The summed E-state index contributed by atoms with van der Waals surface area (Å²) in [5.41, 5.74) is 1.77. The smallest absolute Gasteiger partial charge is 0.258 e. The lowest BCUT2D eigenvalue weighted by atomic mass is 10.1. The molecule has 3 aromatic rings. The van der Waals surface area contributed by atoms with E-state index in [-0.39, 0.29) is 5.91 Å². The largest absolute Gasteiger partial charge is 0.307 e. The van der Waals surface area contributed by atoms with E-state index in [2.05, 4.69) is 56.7 Å². The van der Waals surface area contributed by atoms with Crippen LogP contribution in [0, 0.1) is 0 Å². The molecule has 6 heteroatoms. The number of benzene rings is 1. The molecule has 1 fully saturated rings. The van der Waals surface area contributed by atoms with E-state index in [0.29, 0.717) is 11.6 Å². The summed E-state index contributed by atoms with van der Waals surface area (Å²) in [5, 5.41) is 7.43. The van der Waals surface area contributed by atoms with Crippen LogP contribution in [0.5, 0.6) is 0 Å². The number of hydrogen-bond donors (Lipinski definition) is 1. The lowest BCUT2D eigenvalue weighted by Crippen LogP contribution is -2.35. The number of carbonyl (C=O) groups is 1. The minimum Gasteiger partial charge on any atom is -0.307 e. The number of anilines is 1. The van der Waals surface area contributed by atoms with Crippen molar-refractivity contribution in [2.24, 2.45) is 0 Å². The molecule has 0 radical (unpaired) electrons. The van der Waals surface area contributed by atoms with Crippen LogP contribution in [-0.2, 0) is 0 Å². The van der Waals surface area contributed by atoms with Gasteiger partial charge in [0.15, 0.2) is 0 Å². The van der Waals surface area contributed by atoms with Crippen LogP contribution in [-0.4, -0.2) is 45.2 Å². The average molecular weight is 387 g/mol. The van der Waals surface area contributed by atoms with E-state index in [1.54, 1.807) is 30.7 Å². The Labute approximate surface area is 170 Å². The molecule has 4 rings (SSSR count). The number of piperidine rings is 1. The Morgan fingerprint density at radius 3 is 2.66 bits per heavy atom. The molecule has 1 N–H and O–H groups in total. The van der Waals surface area contributed by atoms with E-state index in [1.165, 1.54) is 5.56 Å². The fourth-order valence-electron chi connectivity index (χ4n) is 3.64. The van der Waals surface area contributed by atoms with Crippen LogP contribution in [0.2, 0.25) is 0 Å². The summed E-state index contributed by atoms with van der Waals surface area (Å²) < 4.78 is 1.95. The average Bonchev–Trinajstić information content (AvgIpc) is 3.24. The van der Waals surface area contributed by atoms with E-state index < -0.39 is 0 Å². The first-order valence-electron chi connectivity index (χ1n) is 9.98. The van der Waals surface area contributed by atoms with Gasteiger partial charge >= 0.3 is 0 Å². The number of aromatic nitrogens is 3. The zero-order chi connectivity index (χ0) is 19.9. The first-order chi connectivity index (χ1) is 14.3. The van der Waals surface area contributed by atoms with Crippen molar-refractivity contribution in [3.8, 4) is 0 Å². The molecule has 148 valence electrons. The van der Waals surface area contributed by atoms with Crippen molar-refractivity contribution in [1.82, 2.24) is 19.7 Å². The van der Waals surface area contributed by atoms with Gasteiger partial charge in [0.25, 0.3) is 5.91 Å². The molecular formula is C23H25N5O. The topological polar surface area (TPSA) is 63.1 Å². The standard InChI is InChI=1S/C23H25N5O/c29-23(20-9-4-13-24-18-20)26-22-10-14-25-28(22)21-11-16-27(17-12-21)15-5-8-19-6-2-1-3-7-19/h1-10,13-14,18,21H,11-12,15-17H2,(H,26,29). The van der Waals surface area contributed by atoms with Gasteiger partial charge in [0, 0.05) is 38.1 Å². The molecule has 0 spiro atoms. The number of carbonyl (C=O) groups excluding carboxylic acids is 1. The van der Waals surface area contributed by atoms with E-state index >= 15 is 0 Å². The molecule has 1 aromatic carbocycles. The van der Waals surface area contributed by atoms with E-state index in [0.717, 1.165) is 38.3 Å². The highest BCUT2D eigenvalue weighted by Crippen LogP contribution is 2.25. The number of likely N-dealkylation sites (tertiary alicyclic amines) is 1. The number of amides is 1. The Morgan fingerprint density at radius 1 is 1.07 bits per heavy atom. The van der Waals surface area contributed by atoms with Gasteiger partial charge in [-0.25, -0.2) is 4.68 Å². The first-order valence-corrected chi connectivity index (χ1v) is 9.98. The zero-order valence-corrected chi connectivity index (χ0v) is 16.3. The van der Waals surface area contributed by atoms with Crippen molar-refractivity contribution in [3.63, 3.8) is 0 Å². The highest BCUT2D eigenvalue weighted by Gasteiger charge is 2.22. The monoisotopic (exact) mass is 387 g/mol. The van der Waals surface area contributed by atoms with Crippen molar-refractivity contribution < 1.29 is 4.79 Å². The Kier molecular flexibility index (Phi) is 6.12. The van der Waals surface area contributed by atoms with Crippen LogP contribution in [0.3, 0.4) is 0 Å². The second-order valence-corrected chi connectivity index (χ2v) is 7.20. The summed E-state index contributed by atoms with van der Waals surface area (Å²) >= 11 is 0. The van der Waals surface area contributed by atoms with E-state index in [9.17, 15) is 4.79 Å². The summed E-state index contributed by atoms with van der Waals surface area (Å²) in [6, 6.07) is 16.0. The second-order valence-electron chi connectivity index (χ2n) is 7.20. The third-order valence-electron chi connectivity index (χ3n) is 5.21. The van der Waals surface area contributed by atoms with Gasteiger partial charge in [0.1, 0.15) is 5.82 Å². The predicted octanol–water partition coefficient (Wildman–Crippen LogP) is 3.88. The summed E-state index contributed by atoms with van der Waals surface area (Å²) in [4.78, 5) is 18.9. The number of nitrogens with zero attached hydrogens (tertiary/aromatic N) is 4. The minimum atomic E-state index is -0.164. The van der Waals surface area contributed by atoms with Crippen molar-refractivity contribution >= 4 is 17.8 Å². The van der Waals surface area contributed by atoms with Gasteiger partial charge in [-0.05, 0) is 30.5 Å². The third kappa shape index (κ3) is 4.97. The number of hydrogen-bond acceptors (Lipinski definition) is 4. The lowest BCUT2D eigenvalue weighted by molar-refractivity contribution is 0.102. The SMILES string of the molecule is O=C(Nc1ccnn1C1CCN(CC=Cc2ccccc2)CC1)c1cccnc1. The van der Waals surface area contributed by atoms with Crippen LogP contribution >= 0.6 is 0 Å². The third-order valence-corrected chi connectivity index (χ3v) is 5.21. The van der Waals surface area contributed by atoms with Gasteiger partial charge in [-0.15, -0.1) is 0 Å². The Morgan fingerprint density at radius 2 is 1.90 bits per heavy atom. The van der Waals surface area contributed by atoms with Gasteiger partial charge in [-0.2, -0.15) is 5.10 Å². The quantitative estimate of drug-likeness (QED) is 0.697. The minimum absolute atomic E-state index is 0.164. The Bertz CT molecular complexity index is 944. The van der Waals surface area contributed by atoms with E-state index in [4.69, 9.17) is 0 Å². The van der Waals surface area contributed by atoms with Gasteiger partial charge in [0.05, 0.1) is 17.8 Å². The maximum absolute atomic E-state index is 12.4. The van der Waals surface area contributed by atoms with Gasteiger partial charge in [-0.3, -0.25) is 14.7 Å². The number of nitrogens with one attached hydrogen (secondary N) is 1. The molecule has 6 nitrogen and oxygen atoms in total. The fraction of sp³-hybridized carbons (Fsp3) is 0.261. The summed E-state index contributed by atoms with van der Waals surface area (Å²) in [5.74, 6) is 0.574. The number of pyridine rings is 1. The van der Waals surface area contributed by atoms with Gasteiger partial charge in [-0.1, -0.05) is 42.5 Å². The van der Waals surface area contributed by atoms with Gasteiger partial charge < -0.3 is 5.32 Å². The van der Waals surface area contributed by atoms with E-state index in [1.807, 2.05) is 16.8 Å². The maximum Gasteiger partial charge on any atom is 0.258 e. The molecule has 3 heterocycles. The molecule has 1 saturated heterocycles. The molecule has 0 bridgehead atoms. The van der Waals surface area contributed by atoms with Crippen molar-refractivity contribution in [1.29, 1.82) is 0 Å². The van der Waals surface area contributed by atoms with Gasteiger partial charge in [0.2, 0.25) is 0 Å². The lowest BCUT2D eigenvalue weighted by Gasteiger charge is -2.32. The highest BCUT2D eigenvalue weighted by molar-refractivity contribution is 6.03. The molecule has 0 unspecified atom stereocenters. The molecule has 1 aliphatic rings. The molecule has 1 aliphatic heterocycles. The molecule has 0 aliphatic carbocycles. The van der Waals surface area contributed by atoms with Crippen molar-refractivity contribution in [3.05, 3.63) is 84.3 Å². The fourth-order valence-corrected chi connectivity index (χ4v) is 3.64. The summed E-state index contributed by atoms with van der Waals surface area (Å²) in [6.45, 7) is 2.98. The maximum atomic E-state index is 12.4. The summed E-state index contributed by atoms with van der Waals surface area (Å²) in [6.07, 6.45) is 11.4. The zero-order valence-electron chi connectivity index (χ0n) is 16.3. The molecule has 2 aromatic heterocycles. The van der Waals surface area contributed by atoms with Crippen LogP contribution in [0.25, 0.3) is 6.08 Å². The Balaban J connectivity index is 1.31. The second kappa shape index (κ2) is 9.30. The molecule has 0 atom stereocenters. The van der Waals surface area contributed by atoms with Crippen LogP contribution < -0.4 is 5.32 Å². The molecular weight excluding hydrogens is 362 g/mol. The van der Waals surface area contributed by atoms with Crippen LogP contribution in [0.15, 0.2) is 73.2 Å². The molecule has 0 saturated carbocycles. The van der Waals surface area contributed by atoms with Crippen molar-refractivity contribution in [2.75, 3.05) is 25.0 Å². The molecule has 29 heavy (non-hydrogen) atoms. The Hall–Kier alpha value is -3.25. The summed E-state index contributed by atoms with van der Waals surface area (Å²) in [7, 11) is 0.